The van der Waals surface area contributed by atoms with E-state index in [1.807, 2.05) is 11.6 Å². The molecule has 1 aliphatic rings. The minimum atomic E-state index is -0.449. The van der Waals surface area contributed by atoms with Crippen LogP contribution in [-0.4, -0.2) is 19.9 Å². The van der Waals surface area contributed by atoms with E-state index in [0.29, 0.717) is 6.42 Å². The van der Waals surface area contributed by atoms with Gasteiger partial charge in [0.1, 0.15) is 12.2 Å². The van der Waals surface area contributed by atoms with E-state index in [1.165, 1.54) is 29.7 Å². The van der Waals surface area contributed by atoms with Gasteiger partial charge >= 0.3 is 0 Å². The average molecular weight is 263 g/mol. The van der Waals surface area contributed by atoms with Gasteiger partial charge in [-0.2, -0.15) is 5.10 Å². The molecule has 2 aromatic rings. The predicted octanol–water partition coefficient (Wildman–Crippen LogP) is 2.12. The van der Waals surface area contributed by atoms with Crippen molar-refractivity contribution < 1.29 is 5.11 Å². The molecular weight excluding hydrogens is 246 g/mol. The van der Waals surface area contributed by atoms with Gasteiger partial charge in [0.25, 0.3) is 0 Å². The zero-order chi connectivity index (χ0) is 12.5. The average Bonchev–Trinajstić information content (AvgIpc) is 3.02. The van der Waals surface area contributed by atoms with Gasteiger partial charge in [0.2, 0.25) is 0 Å². The summed E-state index contributed by atoms with van der Waals surface area (Å²) in [5.74, 6) is 0.860. The summed E-state index contributed by atoms with van der Waals surface area (Å²) in [5.41, 5.74) is 1.44. The molecule has 0 spiro atoms. The van der Waals surface area contributed by atoms with Crippen molar-refractivity contribution in [3.8, 4) is 0 Å². The molecule has 1 aliphatic carbocycles. The largest absolute Gasteiger partial charge is 0.387 e. The SMILES string of the molecule is CCn1ncnc1CC(O)c1cc2c(s1)CCC2. The molecule has 0 aliphatic heterocycles. The summed E-state index contributed by atoms with van der Waals surface area (Å²) in [6, 6.07) is 2.17. The van der Waals surface area contributed by atoms with Crippen LogP contribution in [0.3, 0.4) is 0 Å². The van der Waals surface area contributed by atoms with Crippen LogP contribution in [0.2, 0.25) is 0 Å². The fourth-order valence-electron chi connectivity index (χ4n) is 2.50. The summed E-state index contributed by atoms with van der Waals surface area (Å²) in [4.78, 5) is 6.75. The minimum absolute atomic E-state index is 0.449. The Hall–Kier alpha value is -1.20. The number of thiophene rings is 1. The Morgan fingerprint density at radius 3 is 3.17 bits per heavy atom. The van der Waals surface area contributed by atoms with E-state index in [1.54, 1.807) is 17.7 Å². The summed E-state index contributed by atoms with van der Waals surface area (Å²) < 4.78 is 1.84. The highest BCUT2D eigenvalue weighted by Gasteiger charge is 2.20. The summed E-state index contributed by atoms with van der Waals surface area (Å²) in [6.45, 7) is 2.83. The Balaban J connectivity index is 1.76. The van der Waals surface area contributed by atoms with E-state index in [9.17, 15) is 5.11 Å². The van der Waals surface area contributed by atoms with Crippen molar-refractivity contribution in [2.75, 3.05) is 0 Å². The van der Waals surface area contributed by atoms with Crippen molar-refractivity contribution in [3.63, 3.8) is 0 Å². The first-order valence-electron chi connectivity index (χ1n) is 6.44. The molecule has 3 rings (SSSR count). The normalized spacial score (nSPS) is 15.9. The van der Waals surface area contributed by atoms with Gasteiger partial charge in [0, 0.05) is 22.7 Å². The molecule has 0 aromatic carbocycles. The number of aliphatic hydroxyl groups is 1. The number of hydrogen-bond donors (Lipinski definition) is 1. The van der Waals surface area contributed by atoms with Gasteiger partial charge in [0.05, 0.1) is 6.10 Å². The van der Waals surface area contributed by atoms with Crippen LogP contribution in [0.1, 0.15) is 40.6 Å². The first-order chi connectivity index (χ1) is 8.78. The third kappa shape index (κ3) is 2.08. The van der Waals surface area contributed by atoms with Gasteiger partial charge in [-0.1, -0.05) is 0 Å². The van der Waals surface area contributed by atoms with Crippen LogP contribution < -0.4 is 0 Å². The highest BCUT2D eigenvalue weighted by Crippen LogP contribution is 2.34. The smallest absolute Gasteiger partial charge is 0.138 e. The lowest BCUT2D eigenvalue weighted by Crippen LogP contribution is -2.08. The maximum absolute atomic E-state index is 10.3. The summed E-state index contributed by atoms with van der Waals surface area (Å²) in [6.07, 6.45) is 5.27. The van der Waals surface area contributed by atoms with E-state index in [-0.39, 0.29) is 0 Å². The predicted molar refractivity (Wildman–Crippen MR) is 70.7 cm³/mol. The summed E-state index contributed by atoms with van der Waals surface area (Å²) in [7, 11) is 0. The number of nitrogens with zero attached hydrogens (tertiary/aromatic N) is 3. The van der Waals surface area contributed by atoms with Crippen molar-refractivity contribution in [1.82, 2.24) is 14.8 Å². The monoisotopic (exact) mass is 263 g/mol. The molecule has 96 valence electrons. The molecule has 0 amide bonds. The first-order valence-corrected chi connectivity index (χ1v) is 7.25. The van der Waals surface area contributed by atoms with Crippen LogP contribution in [0.15, 0.2) is 12.4 Å². The molecule has 18 heavy (non-hydrogen) atoms. The highest BCUT2D eigenvalue weighted by molar-refractivity contribution is 7.12. The van der Waals surface area contributed by atoms with Crippen LogP contribution in [-0.2, 0) is 25.8 Å². The molecule has 5 heteroatoms. The third-order valence-corrected chi connectivity index (χ3v) is 4.80. The number of fused-ring (bicyclic) bond motifs is 1. The maximum atomic E-state index is 10.3. The summed E-state index contributed by atoms with van der Waals surface area (Å²) in [5, 5.41) is 14.4. The molecule has 0 bridgehead atoms. The van der Waals surface area contributed by atoms with Gasteiger partial charge in [-0.25, -0.2) is 4.98 Å². The van der Waals surface area contributed by atoms with Crippen molar-refractivity contribution in [3.05, 3.63) is 33.5 Å². The van der Waals surface area contributed by atoms with Crippen LogP contribution in [0.4, 0.5) is 0 Å². The second kappa shape index (κ2) is 4.82. The Morgan fingerprint density at radius 2 is 2.39 bits per heavy atom. The van der Waals surface area contributed by atoms with Crippen molar-refractivity contribution in [2.45, 2.75) is 45.3 Å². The van der Waals surface area contributed by atoms with Crippen LogP contribution in [0, 0.1) is 0 Å². The number of aryl methyl sites for hydroxylation is 3. The number of hydrogen-bond acceptors (Lipinski definition) is 4. The molecule has 2 aromatic heterocycles. The fraction of sp³-hybridized carbons (Fsp3) is 0.538. The number of aromatic nitrogens is 3. The molecular formula is C13H17N3OS. The molecule has 4 nitrogen and oxygen atoms in total. The molecule has 2 heterocycles. The third-order valence-electron chi connectivity index (χ3n) is 3.47. The first kappa shape index (κ1) is 11.9. The van der Waals surface area contributed by atoms with E-state index < -0.39 is 6.10 Å². The molecule has 1 unspecified atom stereocenters. The highest BCUT2D eigenvalue weighted by atomic mass is 32.1. The molecule has 0 fully saturated rings. The zero-order valence-corrected chi connectivity index (χ0v) is 11.3. The lowest BCUT2D eigenvalue weighted by atomic mass is 10.1. The van der Waals surface area contributed by atoms with Crippen LogP contribution in [0.5, 0.6) is 0 Å². The second-order valence-corrected chi connectivity index (χ2v) is 5.83. The van der Waals surface area contributed by atoms with Crippen molar-refractivity contribution in [1.29, 1.82) is 0 Å². The van der Waals surface area contributed by atoms with Gasteiger partial charge in [-0.3, -0.25) is 4.68 Å². The quantitative estimate of drug-likeness (QED) is 0.919. The van der Waals surface area contributed by atoms with Gasteiger partial charge < -0.3 is 5.11 Å². The Labute approximate surface area is 110 Å². The summed E-state index contributed by atoms with van der Waals surface area (Å²) >= 11 is 1.76. The van der Waals surface area contributed by atoms with E-state index in [0.717, 1.165) is 17.2 Å². The Kier molecular flexibility index (Phi) is 3.18. The van der Waals surface area contributed by atoms with Crippen LogP contribution >= 0.6 is 11.3 Å². The standard InChI is InChI=1S/C13H17N3OS/c1-2-16-13(14-8-15-16)7-10(17)12-6-9-4-3-5-11(9)18-12/h6,8,10,17H,2-5,7H2,1H3. The fourth-order valence-corrected chi connectivity index (χ4v) is 3.74. The molecule has 0 saturated carbocycles. The molecule has 0 saturated heterocycles. The van der Waals surface area contributed by atoms with Gasteiger partial charge in [0.15, 0.2) is 0 Å². The lowest BCUT2D eigenvalue weighted by Gasteiger charge is -2.08. The Bertz CT molecular complexity index is 525. The second-order valence-electron chi connectivity index (χ2n) is 4.66. The Morgan fingerprint density at radius 1 is 1.50 bits per heavy atom. The lowest BCUT2D eigenvalue weighted by molar-refractivity contribution is 0.178. The van der Waals surface area contributed by atoms with Crippen LogP contribution in [0.25, 0.3) is 0 Å². The van der Waals surface area contributed by atoms with E-state index >= 15 is 0 Å². The minimum Gasteiger partial charge on any atom is -0.387 e. The van der Waals surface area contributed by atoms with Gasteiger partial charge in [-0.15, -0.1) is 11.3 Å². The maximum Gasteiger partial charge on any atom is 0.138 e. The van der Waals surface area contributed by atoms with E-state index in [4.69, 9.17) is 0 Å². The molecule has 0 radical (unpaired) electrons. The van der Waals surface area contributed by atoms with Crippen molar-refractivity contribution >= 4 is 11.3 Å². The molecule has 1 atom stereocenters. The van der Waals surface area contributed by atoms with Gasteiger partial charge in [-0.05, 0) is 37.8 Å². The number of rotatable bonds is 4. The topological polar surface area (TPSA) is 50.9 Å². The molecule has 1 N–H and O–H groups in total. The zero-order valence-electron chi connectivity index (χ0n) is 10.5. The number of aliphatic hydroxyl groups excluding tert-OH is 1. The van der Waals surface area contributed by atoms with Crippen molar-refractivity contribution in [2.24, 2.45) is 0 Å². The van der Waals surface area contributed by atoms with E-state index in [2.05, 4.69) is 16.1 Å².